The van der Waals surface area contributed by atoms with Crippen molar-refractivity contribution < 1.29 is 19.0 Å². The summed E-state index contributed by atoms with van der Waals surface area (Å²) in [5, 5.41) is 0. The number of epoxide rings is 1. The molecule has 0 radical (unpaired) electrons. The molecule has 1 unspecified atom stereocenters. The molecule has 1 aliphatic rings. The fourth-order valence-electron chi connectivity index (χ4n) is 2.36. The fourth-order valence-corrected chi connectivity index (χ4v) is 2.36. The average molecular weight is 318 g/mol. The lowest BCUT2D eigenvalue weighted by atomic mass is 10.00. The van der Waals surface area contributed by atoms with Gasteiger partial charge in [0.05, 0.1) is 25.9 Å². The molecule has 1 aromatic carbocycles. The molecule has 4 nitrogen and oxygen atoms in total. The number of carbonyl (C=O) groups excluding carboxylic acids is 1. The standard InChI is InChI=1S/C19H26O4/c1-4-21-19(20)8-6-5-7-16-11-14(2)9-10-18(16)15(3)22-12-17-13-23-17/h5,7,9-11,15,17H,4,6,8,12-13H2,1-3H3/b7-5+/t15-,17?/m1/s1. The predicted molar refractivity (Wildman–Crippen MR) is 90.2 cm³/mol. The van der Waals surface area contributed by atoms with Crippen LogP contribution in [-0.4, -0.2) is 31.9 Å². The van der Waals surface area contributed by atoms with Gasteiger partial charge in [-0.25, -0.2) is 0 Å². The number of esters is 1. The van der Waals surface area contributed by atoms with Crippen LogP contribution in [0.1, 0.15) is 49.5 Å². The van der Waals surface area contributed by atoms with Gasteiger partial charge in [0.2, 0.25) is 0 Å². The summed E-state index contributed by atoms with van der Waals surface area (Å²) in [4.78, 5) is 11.4. The summed E-state index contributed by atoms with van der Waals surface area (Å²) in [7, 11) is 0. The molecule has 0 bridgehead atoms. The topological polar surface area (TPSA) is 48.1 Å². The Hall–Kier alpha value is -1.65. The molecule has 0 N–H and O–H groups in total. The summed E-state index contributed by atoms with van der Waals surface area (Å²) in [5.74, 6) is -0.150. The minimum absolute atomic E-state index is 0.0181. The highest BCUT2D eigenvalue weighted by molar-refractivity contribution is 5.69. The molecule has 126 valence electrons. The number of carbonyl (C=O) groups is 1. The van der Waals surface area contributed by atoms with E-state index in [1.165, 1.54) is 5.56 Å². The lowest BCUT2D eigenvalue weighted by Crippen LogP contribution is -2.07. The van der Waals surface area contributed by atoms with E-state index in [0.717, 1.165) is 17.7 Å². The van der Waals surface area contributed by atoms with Gasteiger partial charge in [-0.1, -0.05) is 35.9 Å². The van der Waals surface area contributed by atoms with Gasteiger partial charge in [-0.3, -0.25) is 4.79 Å². The van der Waals surface area contributed by atoms with Gasteiger partial charge in [0.25, 0.3) is 0 Å². The highest BCUT2D eigenvalue weighted by Crippen LogP contribution is 2.25. The molecule has 1 heterocycles. The van der Waals surface area contributed by atoms with Gasteiger partial charge in [0, 0.05) is 6.42 Å². The highest BCUT2D eigenvalue weighted by Gasteiger charge is 2.24. The first-order valence-corrected chi connectivity index (χ1v) is 8.26. The Labute approximate surface area is 138 Å². The first-order valence-electron chi connectivity index (χ1n) is 8.26. The molecule has 0 saturated carbocycles. The highest BCUT2D eigenvalue weighted by atomic mass is 16.6. The quantitative estimate of drug-likeness (QED) is 0.513. The Bertz CT molecular complexity index is 546. The van der Waals surface area contributed by atoms with Crippen molar-refractivity contribution in [1.82, 2.24) is 0 Å². The van der Waals surface area contributed by atoms with Crippen molar-refractivity contribution in [2.45, 2.75) is 45.8 Å². The number of rotatable bonds is 9. The van der Waals surface area contributed by atoms with Crippen LogP contribution in [0.5, 0.6) is 0 Å². The van der Waals surface area contributed by atoms with E-state index in [2.05, 4.69) is 38.1 Å². The lowest BCUT2D eigenvalue weighted by Gasteiger charge is -2.16. The second-order valence-corrected chi connectivity index (χ2v) is 5.81. The third-order valence-electron chi connectivity index (χ3n) is 3.73. The van der Waals surface area contributed by atoms with Crippen LogP contribution in [0.2, 0.25) is 0 Å². The molecule has 1 aliphatic heterocycles. The first-order chi connectivity index (χ1) is 11.1. The van der Waals surface area contributed by atoms with Crippen molar-refractivity contribution >= 4 is 12.0 Å². The Kier molecular flexibility index (Phi) is 6.81. The first kappa shape index (κ1) is 17.7. The molecule has 0 amide bonds. The van der Waals surface area contributed by atoms with Gasteiger partial charge in [0.1, 0.15) is 6.10 Å². The van der Waals surface area contributed by atoms with Crippen LogP contribution < -0.4 is 0 Å². The molecule has 4 heteroatoms. The van der Waals surface area contributed by atoms with Crippen molar-refractivity contribution in [3.63, 3.8) is 0 Å². The maximum absolute atomic E-state index is 11.4. The SMILES string of the molecule is CCOC(=O)CC/C=C/c1cc(C)ccc1[C@@H](C)OCC1CO1. The minimum atomic E-state index is -0.150. The zero-order chi connectivity index (χ0) is 16.7. The predicted octanol–water partition coefficient (Wildman–Crippen LogP) is 3.83. The number of hydrogen-bond donors (Lipinski definition) is 0. The van der Waals surface area contributed by atoms with Crippen LogP contribution in [-0.2, 0) is 19.0 Å². The number of ether oxygens (including phenoxy) is 3. The summed E-state index contributed by atoms with van der Waals surface area (Å²) in [6.07, 6.45) is 5.46. The molecule has 1 saturated heterocycles. The second kappa shape index (κ2) is 8.85. The van der Waals surface area contributed by atoms with Crippen LogP contribution in [0, 0.1) is 6.92 Å². The number of hydrogen-bond acceptors (Lipinski definition) is 4. The van der Waals surface area contributed by atoms with E-state index >= 15 is 0 Å². The van der Waals surface area contributed by atoms with E-state index in [1.54, 1.807) is 0 Å². The van der Waals surface area contributed by atoms with Gasteiger partial charge in [0.15, 0.2) is 0 Å². The maximum atomic E-state index is 11.4. The molecule has 23 heavy (non-hydrogen) atoms. The third kappa shape index (κ3) is 6.16. The van der Waals surface area contributed by atoms with Gasteiger partial charge in [-0.05, 0) is 38.3 Å². The summed E-state index contributed by atoms with van der Waals surface area (Å²) in [6.45, 7) is 7.83. The van der Waals surface area contributed by atoms with Crippen LogP contribution in [0.3, 0.4) is 0 Å². The average Bonchev–Trinajstić information content (AvgIpc) is 3.34. The van der Waals surface area contributed by atoms with Crippen molar-refractivity contribution in [2.24, 2.45) is 0 Å². The van der Waals surface area contributed by atoms with Gasteiger partial charge in [-0.2, -0.15) is 0 Å². The van der Waals surface area contributed by atoms with Crippen LogP contribution >= 0.6 is 0 Å². The number of benzene rings is 1. The fraction of sp³-hybridized carbons (Fsp3) is 0.526. The van der Waals surface area contributed by atoms with Gasteiger partial charge < -0.3 is 14.2 Å². The number of allylic oxidation sites excluding steroid dienone is 1. The van der Waals surface area contributed by atoms with Crippen molar-refractivity contribution in [2.75, 3.05) is 19.8 Å². The van der Waals surface area contributed by atoms with E-state index in [0.29, 0.717) is 26.1 Å². The van der Waals surface area contributed by atoms with Crippen molar-refractivity contribution in [3.05, 3.63) is 41.0 Å². The molecule has 1 aromatic rings. The Morgan fingerprint density at radius 1 is 1.48 bits per heavy atom. The molecule has 0 spiro atoms. The van der Waals surface area contributed by atoms with Crippen molar-refractivity contribution in [1.29, 1.82) is 0 Å². The van der Waals surface area contributed by atoms with Crippen LogP contribution in [0.25, 0.3) is 6.08 Å². The van der Waals surface area contributed by atoms with Gasteiger partial charge >= 0.3 is 5.97 Å². The molecule has 0 aliphatic carbocycles. The summed E-state index contributed by atoms with van der Waals surface area (Å²) >= 11 is 0. The van der Waals surface area contributed by atoms with E-state index < -0.39 is 0 Å². The van der Waals surface area contributed by atoms with E-state index in [9.17, 15) is 4.79 Å². The third-order valence-corrected chi connectivity index (χ3v) is 3.73. The molecular weight excluding hydrogens is 292 g/mol. The Balaban J connectivity index is 1.95. The van der Waals surface area contributed by atoms with Crippen LogP contribution in [0.15, 0.2) is 24.3 Å². The Morgan fingerprint density at radius 3 is 2.96 bits per heavy atom. The molecule has 2 rings (SSSR count). The second-order valence-electron chi connectivity index (χ2n) is 5.81. The normalized spacial score (nSPS) is 18.1. The zero-order valence-electron chi connectivity index (χ0n) is 14.2. The zero-order valence-corrected chi connectivity index (χ0v) is 14.2. The summed E-state index contributed by atoms with van der Waals surface area (Å²) in [6, 6.07) is 6.35. The number of aryl methyl sites for hydroxylation is 1. The Morgan fingerprint density at radius 2 is 2.26 bits per heavy atom. The largest absolute Gasteiger partial charge is 0.466 e. The maximum Gasteiger partial charge on any atom is 0.306 e. The van der Waals surface area contributed by atoms with Gasteiger partial charge in [-0.15, -0.1) is 0 Å². The molecule has 1 fully saturated rings. The summed E-state index contributed by atoms with van der Waals surface area (Å²) < 4.78 is 16.0. The van der Waals surface area contributed by atoms with Crippen molar-refractivity contribution in [3.8, 4) is 0 Å². The molecular formula is C19H26O4. The lowest BCUT2D eigenvalue weighted by molar-refractivity contribution is -0.142. The smallest absolute Gasteiger partial charge is 0.306 e. The van der Waals surface area contributed by atoms with E-state index in [1.807, 2.05) is 13.0 Å². The molecule has 0 aromatic heterocycles. The minimum Gasteiger partial charge on any atom is -0.466 e. The van der Waals surface area contributed by atoms with E-state index in [-0.39, 0.29) is 18.2 Å². The monoisotopic (exact) mass is 318 g/mol. The summed E-state index contributed by atoms with van der Waals surface area (Å²) in [5.41, 5.74) is 3.50. The molecule has 2 atom stereocenters. The van der Waals surface area contributed by atoms with E-state index in [4.69, 9.17) is 14.2 Å². The van der Waals surface area contributed by atoms with Crippen LogP contribution in [0.4, 0.5) is 0 Å².